The fraction of sp³-hybridized carbons (Fsp3) is 0.524. The Hall–Kier alpha value is -0.704. The summed E-state index contributed by atoms with van der Waals surface area (Å²) in [5.74, 6) is -0.254. The normalized spacial score (nSPS) is 15.8. The molecule has 0 saturated carbocycles. The van der Waals surface area contributed by atoms with Crippen LogP contribution in [0.3, 0.4) is 0 Å². The van der Waals surface area contributed by atoms with E-state index in [9.17, 15) is 14.7 Å². The van der Waals surface area contributed by atoms with Crippen LogP contribution in [0.2, 0.25) is 0 Å². The third kappa shape index (κ3) is 5.26. The molecule has 7 heteroatoms. The number of fused-ring (bicyclic) bond motifs is 1. The van der Waals surface area contributed by atoms with Gasteiger partial charge in [-0.3, -0.25) is 9.59 Å². The number of nitrogens with one attached hydrogen (secondary N) is 1. The Morgan fingerprint density at radius 3 is 2.75 bits per heavy atom. The summed E-state index contributed by atoms with van der Waals surface area (Å²) in [5.41, 5.74) is -0.0226. The van der Waals surface area contributed by atoms with E-state index < -0.39 is 11.5 Å². The van der Waals surface area contributed by atoms with Crippen molar-refractivity contribution in [1.29, 1.82) is 0 Å². The quantitative estimate of drug-likeness (QED) is 0.505. The minimum Gasteiger partial charge on any atom is -1.00 e. The van der Waals surface area contributed by atoms with Gasteiger partial charge in [-0.05, 0) is 63.9 Å². The number of aryl methyl sites for hydroxylation is 1. The summed E-state index contributed by atoms with van der Waals surface area (Å²) in [6, 6.07) is 7.07. The third-order valence-corrected chi connectivity index (χ3v) is 5.33. The molecule has 28 heavy (non-hydrogen) atoms. The van der Waals surface area contributed by atoms with Crippen molar-refractivity contribution in [3.63, 3.8) is 0 Å². The molecule has 3 rings (SSSR count). The number of benzene rings is 1. The van der Waals surface area contributed by atoms with Crippen molar-refractivity contribution in [3.05, 3.63) is 40.2 Å². The van der Waals surface area contributed by atoms with E-state index in [1.165, 1.54) is 4.57 Å². The Kier molecular flexibility index (Phi) is 8.56. The van der Waals surface area contributed by atoms with Crippen molar-refractivity contribution in [2.45, 2.75) is 39.6 Å². The summed E-state index contributed by atoms with van der Waals surface area (Å²) in [6.45, 7) is 6.12. The van der Waals surface area contributed by atoms with E-state index in [-0.39, 0.29) is 64.1 Å². The average Bonchev–Trinajstić information content (AvgIpc) is 2.72. The molecule has 0 radical (unpaired) electrons. The van der Waals surface area contributed by atoms with Gasteiger partial charge in [0.25, 0.3) is 11.5 Å². The summed E-state index contributed by atoms with van der Waals surface area (Å²) >= 11 is 0. The standard InChI is InChI=1S/C21H29N3O3.K.H/c1-3-24-17-8-5-4-7-16(17)19(25)18(21(24)27)20(26)22-11-6-12-23-13-9-15(2)10-14-23;;/h4-5,7-8,15,25H,3,6,9-14H2,1-2H3,(H,22,26);;/q;+1;-1/i2D;;. The fourth-order valence-electron chi connectivity index (χ4n) is 3.71. The minimum atomic E-state index is -0.525. The number of rotatable bonds is 6. The second kappa shape index (κ2) is 10.9. The number of pyridine rings is 1. The average molecular weight is 413 g/mol. The molecule has 1 amide bonds. The first-order valence-electron chi connectivity index (χ1n) is 10.4. The van der Waals surface area contributed by atoms with Gasteiger partial charge in [-0.2, -0.15) is 0 Å². The third-order valence-electron chi connectivity index (χ3n) is 5.33. The number of para-hydroxylation sites is 1. The molecular weight excluding hydrogens is 381 g/mol. The van der Waals surface area contributed by atoms with Crippen molar-refractivity contribution in [3.8, 4) is 5.75 Å². The van der Waals surface area contributed by atoms with E-state index in [1.807, 2.05) is 6.92 Å². The Bertz CT molecular complexity index is 899. The number of aromatic nitrogens is 1. The first-order valence-corrected chi connectivity index (χ1v) is 9.71. The van der Waals surface area contributed by atoms with Crippen LogP contribution in [0.5, 0.6) is 5.75 Å². The maximum absolute atomic E-state index is 12.7. The topological polar surface area (TPSA) is 74.6 Å². The molecule has 1 saturated heterocycles. The van der Waals surface area contributed by atoms with Gasteiger partial charge in [0.05, 0.1) is 5.52 Å². The van der Waals surface area contributed by atoms with E-state index in [1.54, 1.807) is 24.3 Å². The maximum Gasteiger partial charge on any atom is 1.00 e. The van der Waals surface area contributed by atoms with Crippen molar-refractivity contribution < 1.29 is 64.1 Å². The zero-order chi connectivity index (χ0) is 20.1. The van der Waals surface area contributed by atoms with E-state index in [2.05, 4.69) is 10.2 Å². The van der Waals surface area contributed by atoms with Crippen LogP contribution >= 0.6 is 0 Å². The number of likely N-dealkylation sites (tertiary alicyclic amines) is 1. The molecule has 2 heterocycles. The zero-order valence-corrected chi connectivity index (χ0v) is 20.0. The van der Waals surface area contributed by atoms with Crippen molar-refractivity contribution in [2.75, 3.05) is 26.2 Å². The van der Waals surface area contributed by atoms with Crippen LogP contribution in [0.1, 0.15) is 46.2 Å². The summed E-state index contributed by atoms with van der Waals surface area (Å²) in [4.78, 5) is 27.7. The molecule has 2 N–H and O–H groups in total. The van der Waals surface area contributed by atoms with Gasteiger partial charge in [-0.1, -0.05) is 19.0 Å². The predicted molar refractivity (Wildman–Crippen MR) is 108 cm³/mol. The van der Waals surface area contributed by atoms with Crippen molar-refractivity contribution >= 4 is 16.8 Å². The van der Waals surface area contributed by atoms with Gasteiger partial charge in [0.1, 0.15) is 11.3 Å². The molecule has 1 fully saturated rings. The first kappa shape index (κ1) is 22.0. The number of hydrogen-bond acceptors (Lipinski definition) is 4. The molecule has 1 aromatic heterocycles. The molecule has 0 unspecified atom stereocenters. The van der Waals surface area contributed by atoms with Gasteiger partial charge >= 0.3 is 51.4 Å². The summed E-state index contributed by atoms with van der Waals surface area (Å²) in [5, 5.41) is 13.8. The number of piperidine rings is 1. The number of carbonyl (C=O) groups excluding carboxylic acids is 1. The van der Waals surface area contributed by atoms with E-state index >= 15 is 0 Å². The van der Waals surface area contributed by atoms with E-state index in [4.69, 9.17) is 1.37 Å². The summed E-state index contributed by atoms with van der Waals surface area (Å²) in [6.07, 6.45) is 2.92. The van der Waals surface area contributed by atoms with Crippen LogP contribution in [0.15, 0.2) is 29.1 Å². The fourth-order valence-corrected chi connectivity index (χ4v) is 3.71. The monoisotopic (exact) mass is 412 g/mol. The minimum absolute atomic E-state index is 0. The SMILES string of the molecule is [2H]CC1CCN(CCCNC(=O)c2c(O)c3ccccc3n(CC)c2=O)CC1.[H-].[K+]. The van der Waals surface area contributed by atoms with Gasteiger partial charge in [0, 0.05) is 19.8 Å². The van der Waals surface area contributed by atoms with Crippen LogP contribution in [0, 0.1) is 5.92 Å². The van der Waals surface area contributed by atoms with Gasteiger partial charge in [-0.25, -0.2) is 0 Å². The Morgan fingerprint density at radius 1 is 1.36 bits per heavy atom. The van der Waals surface area contributed by atoms with Crippen LogP contribution in [0.4, 0.5) is 0 Å². The van der Waals surface area contributed by atoms with Crippen molar-refractivity contribution in [2.24, 2.45) is 5.92 Å². The van der Waals surface area contributed by atoms with Gasteiger partial charge in [-0.15, -0.1) is 0 Å². The van der Waals surface area contributed by atoms with Crippen molar-refractivity contribution in [1.82, 2.24) is 14.8 Å². The summed E-state index contributed by atoms with van der Waals surface area (Å²) < 4.78 is 8.97. The van der Waals surface area contributed by atoms with Gasteiger partial charge in [0.2, 0.25) is 0 Å². The van der Waals surface area contributed by atoms with Gasteiger partial charge in [0.15, 0.2) is 0 Å². The molecule has 0 aliphatic carbocycles. The number of aromatic hydroxyl groups is 1. The second-order valence-corrected chi connectivity index (χ2v) is 7.18. The van der Waals surface area contributed by atoms with Gasteiger partial charge < -0.3 is 21.3 Å². The molecular formula is C21H30KN3O3. The number of hydrogen-bond donors (Lipinski definition) is 2. The predicted octanol–water partition coefficient (Wildman–Crippen LogP) is -0.305. The molecule has 2 aromatic rings. The van der Waals surface area contributed by atoms with Crippen LogP contribution in [-0.2, 0) is 6.54 Å². The Balaban J connectivity index is 0.00000225. The zero-order valence-electron chi connectivity index (χ0n) is 18.9. The number of amides is 1. The largest absolute Gasteiger partial charge is 1.00 e. The smallest absolute Gasteiger partial charge is 1.00 e. The molecule has 1 aliphatic rings. The first-order chi connectivity index (χ1) is 13.6. The Labute approximate surface area is 211 Å². The molecule has 6 nitrogen and oxygen atoms in total. The number of nitrogens with zero attached hydrogens (tertiary/aromatic N) is 2. The van der Waals surface area contributed by atoms with Crippen LogP contribution in [-0.4, -0.2) is 46.7 Å². The van der Waals surface area contributed by atoms with E-state index in [0.717, 1.165) is 38.9 Å². The maximum atomic E-state index is 12.7. The van der Waals surface area contributed by atoms with Crippen LogP contribution in [0.25, 0.3) is 10.9 Å². The molecule has 1 aliphatic heterocycles. The molecule has 1 aromatic carbocycles. The molecule has 0 bridgehead atoms. The van der Waals surface area contributed by atoms with Crippen LogP contribution < -0.4 is 62.3 Å². The number of carbonyl (C=O) groups is 1. The molecule has 0 spiro atoms. The Morgan fingerprint density at radius 2 is 2.07 bits per heavy atom. The molecule has 148 valence electrons. The molecule has 0 atom stereocenters. The second-order valence-electron chi connectivity index (χ2n) is 7.18. The summed E-state index contributed by atoms with van der Waals surface area (Å²) in [7, 11) is 0. The van der Waals surface area contributed by atoms with E-state index in [0.29, 0.717) is 36.8 Å².